The fourth-order valence-corrected chi connectivity index (χ4v) is 2.58. The standard InChI is InChI=1S/C14H18N2O3/c15-11-7-3-4-8-12(11)16-13(17)9-5-1-2-6-10(9)14(18)19/h3-4,7-10H,1-2,5-6,15H2,(H,16,17)(H,18,19)/t9-,10+/m1/s1. The molecule has 1 aliphatic rings. The molecule has 4 N–H and O–H groups in total. The molecule has 2 rings (SSSR count). The molecule has 1 fully saturated rings. The normalized spacial score (nSPS) is 22.7. The van der Waals surface area contributed by atoms with E-state index in [4.69, 9.17) is 5.73 Å². The molecular weight excluding hydrogens is 244 g/mol. The zero-order valence-electron chi connectivity index (χ0n) is 10.6. The maximum atomic E-state index is 12.2. The molecule has 0 unspecified atom stereocenters. The molecule has 0 aromatic heterocycles. The van der Waals surface area contributed by atoms with E-state index in [1.165, 1.54) is 0 Å². The minimum Gasteiger partial charge on any atom is -0.481 e. The second-order valence-corrected chi connectivity index (χ2v) is 4.91. The van der Waals surface area contributed by atoms with E-state index >= 15 is 0 Å². The van der Waals surface area contributed by atoms with E-state index in [1.54, 1.807) is 24.3 Å². The summed E-state index contributed by atoms with van der Waals surface area (Å²) in [6.07, 6.45) is 2.95. The van der Waals surface area contributed by atoms with Crippen LogP contribution in [0.15, 0.2) is 24.3 Å². The van der Waals surface area contributed by atoms with Crippen LogP contribution in [-0.2, 0) is 9.59 Å². The highest BCUT2D eigenvalue weighted by molar-refractivity contribution is 5.97. The topological polar surface area (TPSA) is 92.4 Å². The Balaban J connectivity index is 2.10. The number of hydrogen-bond donors (Lipinski definition) is 3. The van der Waals surface area contributed by atoms with Gasteiger partial charge in [-0.2, -0.15) is 0 Å². The Hall–Kier alpha value is -2.04. The minimum absolute atomic E-state index is 0.245. The van der Waals surface area contributed by atoms with Gasteiger partial charge in [0.1, 0.15) is 0 Å². The molecule has 0 saturated heterocycles. The second-order valence-electron chi connectivity index (χ2n) is 4.91. The maximum Gasteiger partial charge on any atom is 0.307 e. The summed E-state index contributed by atoms with van der Waals surface area (Å²) in [5, 5.41) is 11.9. The summed E-state index contributed by atoms with van der Waals surface area (Å²) in [7, 11) is 0. The number of hydrogen-bond acceptors (Lipinski definition) is 3. The number of nitrogens with two attached hydrogens (primary N) is 1. The van der Waals surface area contributed by atoms with E-state index in [2.05, 4.69) is 5.32 Å². The summed E-state index contributed by atoms with van der Waals surface area (Å²) < 4.78 is 0. The third-order valence-corrected chi connectivity index (χ3v) is 3.64. The van der Waals surface area contributed by atoms with Gasteiger partial charge in [-0.3, -0.25) is 9.59 Å². The lowest BCUT2D eigenvalue weighted by atomic mass is 9.78. The SMILES string of the molecule is Nc1ccccc1NC(=O)[C@@H]1CCCC[C@@H]1C(=O)O. The highest BCUT2D eigenvalue weighted by Gasteiger charge is 2.35. The van der Waals surface area contributed by atoms with Crippen LogP contribution < -0.4 is 11.1 Å². The lowest BCUT2D eigenvalue weighted by Gasteiger charge is -2.27. The van der Waals surface area contributed by atoms with Crippen molar-refractivity contribution in [1.29, 1.82) is 0 Å². The van der Waals surface area contributed by atoms with Gasteiger partial charge < -0.3 is 16.2 Å². The van der Waals surface area contributed by atoms with Crippen LogP contribution in [0.4, 0.5) is 11.4 Å². The smallest absolute Gasteiger partial charge is 0.307 e. The summed E-state index contributed by atoms with van der Waals surface area (Å²) in [4.78, 5) is 23.4. The number of amides is 1. The van der Waals surface area contributed by atoms with Crippen LogP contribution in [0.1, 0.15) is 25.7 Å². The quantitative estimate of drug-likeness (QED) is 0.727. The van der Waals surface area contributed by atoms with Gasteiger partial charge in [-0.05, 0) is 25.0 Å². The molecule has 0 spiro atoms. The Bertz CT molecular complexity index is 487. The summed E-state index contributed by atoms with van der Waals surface area (Å²) in [5.41, 5.74) is 6.79. The van der Waals surface area contributed by atoms with Crippen LogP contribution in [0.5, 0.6) is 0 Å². The van der Waals surface area contributed by atoms with Gasteiger partial charge in [-0.25, -0.2) is 0 Å². The first-order chi connectivity index (χ1) is 9.09. The molecule has 1 amide bonds. The summed E-state index contributed by atoms with van der Waals surface area (Å²) in [6.45, 7) is 0. The predicted molar refractivity (Wildman–Crippen MR) is 72.6 cm³/mol. The van der Waals surface area contributed by atoms with Crippen molar-refractivity contribution in [1.82, 2.24) is 0 Å². The number of nitrogen functional groups attached to an aromatic ring is 1. The number of rotatable bonds is 3. The zero-order chi connectivity index (χ0) is 13.8. The van der Waals surface area contributed by atoms with Crippen LogP contribution in [0.2, 0.25) is 0 Å². The van der Waals surface area contributed by atoms with Crippen LogP contribution >= 0.6 is 0 Å². The number of carbonyl (C=O) groups is 2. The summed E-state index contributed by atoms with van der Waals surface area (Å²) in [5.74, 6) is -2.18. The number of carboxylic acids is 1. The molecule has 1 saturated carbocycles. The molecule has 0 bridgehead atoms. The third kappa shape index (κ3) is 3.05. The van der Waals surface area contributed by atoms with Crippen molar-refractivity contribution in [3.63, 3.8) is 0 Å². The molecule has 1 aromatic carbocycles. The van der Waals surface area contributed by atoms with Crippen molar-refractivity contribution in [3.8, 4) is 0 Å². The van der Waals surface area contributed by atoms with Gasteiger partial charge >= 0.3 is 5.97 Å². The first kappa shape index (κ1) is 13.4. The number of carboxylic acid groups (broad SMARTS) is 1. The van der Waals surface area contributed by atoms with Crippen molar-refractivity contribution < 1.29 is 14.7 Å². The highest BCUT2D eigenvalue weighted by Crippen LogP contribution is 2.31. The maximum absolute atomic E-state index is 12.2. The average Bonchev–Trinajstić information content (AvgIpc) is 2.41. The molecule has 19 heavy (non-hydrogen) atoms. The fraction of sp³-hybridized carbons (Fsp3) is 0.429. The number of benzene rings is 1. The van der Waals surface area contributed by atoms with E-state index in [0.29, 0.717) is 24.2 Å². The Labute approximate surface area is 111 Å². The van der Waals surface area contributed by atoms with E-state index < -0.39 is 17.8 Å². The van der Waals surface area contributed by atoms with Gasteiger partial charge in [0.2, 0.25) is 5.91 Å². The average molecular weight is 262 g/mol. The van der Waals surface area contributed by atoms with E-state index in [-0.39, 0.29) is 5.91 Å². The van der Waals surface area contributed by atoms with Gasteiger partial charge in [0, 0.05) is 0 Å². The molecule has 1 aromatic rings. The number of para-hydroxylation sites is 2. The predicted octanol–water partition coefficient (Wildman–Crippen LogP) is 2.10. The zero-order valence-corrected chi connectivity index (χ0v) is 10.6. The second kappa shape index (κ2) is 5.73. The van der Waals surface area contributed by atoms with Gasteiger partial charge in [0.05, 0.1) is 23.2 Å². The molecule has 0 heterocycles. The lowest BCUT2D eigenvalue weighted by molar-refractivity contribution is -0.147. The number of anilines is 2. The monoisotopic (exact) mass is 262 g/mol. The van der Waals surface area contributed by atoms with Crippen LogP contribution in [0, 0.1) is 11.8 Å². The Kier molecular flexibility index (Phi) is 4.04. The molecule has 102 valence electrons. The first-order valence-electron chi connectivity index (χ1n) is 6.48. The Morgan fingerprint density at radius 2 is 1.79 bits per heavy atom. The molecule has 5 heteroatoms. The van der Waals surface area contributed by atoms with Crippen LogP contribution in [0.3, 0.4) is 0 Å². The molecule has 5 nitrogen and oxygen atoms in total. The van der Waals surface area contributed by atoms with E-state index in [9.17, 15) is 14.7 Å². The summed E-state index contributed by atoms with van der Waals surface area (Å²) >= 11 is 0. The number of nitrogens with one attached hydrogen (secondary N) is 1. The lowest BCUT2D eigenvalue weighted by Crippen LogP contribution is -2.36. The summed E-state index contributed by atoms with van der Waals surface area (Å²) in [6, 6.07) is 6.98. The van der Waals surface area contributed by atoms with Crippen molar-refractivity contribution in [2.24, 2.45) is 11.8 Å². The molecule has 0 radical (unpaired) electrons. The molecule has 2 atom stereocenters. The van der Waals surface area contributed by atoms with E-state index in [1.807, 2.05) is 0 Å². The molecule has 1 aliphatic carbocycles. The number of carbonyl (C=O) groups excluding carboxylic acids is 1. The third-order valence-electron chi connectivity index (χ3n) is 3.64. The van der Waals surface area contributed by atoms with Gasteiger partial charge in [0.25, 0.3) is 0 Å². The largest absolute Gasteiger partial charge is 0.481 e. The first-order valence-corrected chi connectivity index (χ1v) is 6.48. The van der Waals surface area contributed by atoms with Crippen molar-refractivity contribution in [3.05, 3.63) is 24.3 Å². The van der Waals surface area contributed by atoms with Crippen LogP contribution in [0.25, 0.3) is 0 Å². The van der Waals surface area contributed by atoms with E-state index in [0.717, 1.165) is 12.8 Å². The minimum atomic E-state index is -0.888. The molecular formula is C14H18N2O3. The van der Waals surface area contributed by atoms with Gasteiger partial charge in [-0.15, -0.1) is 0 Å². The fourth-order valence-electron chi connectivity index (χ4n) is 2.58. The Morgan fingerprint density at radius 3 is 2.42 bits per heavy atom. The van der Waals surface area contributed by atoms with Gasteiger partial charge in [-0.1, -0.05) is 25.0 Å². The number of aliphatic carboxylic acids is 1. The van der Waals surface area contributed by atoms with Crippen LogP contribution in [-0.4, -0.2) is 17.0 Å². The van der Waals surface area contributed by atoms with Crippen molar-refractivity contribution in [2.75, 3.05) is 11.1 Å². The highest BCUT2D eigenvalue weighted by atomic mass is 16.4. The van der Waals surface area contributed by atoms with Crippen molar-refractivity contribution >= 4 is 23.3 Å². The van der Waals surface area contributed by atoms with Gasteiger partial charge in [0.15, 0.2) is 0 Å². The van der Waals surface area contributed by atoms with Crippen molar-refractivity contribution in [2.45, 2.75) is 25.7 Å². The Morgan fingerprint density at radius 1 is 1.16 bits per heavy atom. The molecule has 0 aliphatic heterocycles.